The van der Waals surface area contributed by atoms with Crippen LogP contribution in [0.25, 0.3) is 0 Å². The molecule has 0 aromatic rings. The van der Waals surface area contributed by atoms with Gasteiger partial charge in [-0.05, 0) is 12.8 Å². The highest BCUT2D eigenvalue weighted by molar-refractivity contribution is 5.74. The van der Waals surface area contributed by atoms with Crippen LogP contribution in [0.5, 0.6) is 0 Å². The first-order valence-electron chi connectivity index (χ1n) is 5.42. The number of nitrogens with zero attached hydrogens (tertiary/aromatic N) is 2. The van der Waals surface area contributed by atoms with Gasteiger partial charge in [0.15, 0.2) is 0 Å². The summed E-state index contributed by atoms with van der Waals surface area (Å²) in [5.41, 5.74) is 5.41. The van der Waals surface area contributed by atoms with Crippen molar-refractivity contribution in [1.82, 2.24) is 9.80 Å². The zero-order valence-electron chi connectivity index (χ0n) is 9.61. The zero-order valence-corrected chi connectivity index (χ0v) is 9.61. The van der Waals surface area contributed by atoms with Gasteiger partial charge >= 0.3 is 6.03 Å². The average molecular weight is 215 g/mol. The number of hydrogen-bond donors (Lipinski definition) is 1. The number of nitrogens with two attached hydrogens (primary N) is 1. The Labute approximate surface area is 91.2 Å². The number of carbonyl (C=O) groups is 1. The maximum atomic E-state index is 11.9. The normalized spacial score (nSPS) is 17.5. The first kappa shape index (κ1) is 12.3. The third-order valence-electron chi connectivity index (χ3n) is 2.83. The van der Waals surface area contributed by atoms with Crippen molar-refractivity contribution in [2.45, 2.75) is 18.9 Å². The molecule has 0 unspecified atom stereocenters. The second kappa shape index (κ2) is 5.92. The number of ether oxygens (including phenoxy) is 1. The van der Waals surface area contributed by atoms with Crippen LogP contribution >= 0.6 is 0 Å². The summed E-state index contributed by atoms with van der Waals surface area (Å²) in [4.78, 5) is 15.4. The van der Waals surface area contributed by atoms with Gasteiger partial charge in [0, 0.05) is 46.4 Å². The highest BCUT2D eigenvalue weighted by Crippen LogP contribution is 2.13. The van der Waals surface area contributed by atoms with E-state index in [0.29, 0.717) is 19.1 Å². The lowest BCUT2D eigenvalue weighted by molar-refractivity contribution is 0.0479. The van der Waals surface area contributed by atoms with Crippen LogP contribution in [0.2, 0.25) is 0 Å². The predicted octanol–water partition coefficient (Wildman–Crippen LogP) is 0.108. The van der Waals surface area contributed by atoms with Gasteiger partial charge in [0.05, 0.1) is 0 Å². The van der Waals surface area contributed by atoms with Crippen LogP contribution in [0.1, 0.15) is 12.8 Å². The summed E-state index contributed by atoms with van der Waals surface area (Å²) in [6.45, 7) is 2.61. The van der Waals surface area contributed by atoms with Crippen molar-refractivity contribution >= 4 is 6.03 Å². The lowest BCUT2D eigenvalue weighted by Gasteiger charge is -2.33. The molecule has 1 aliphatic heterocycles. The Morgan fingerprint density at radius 2 is 2.00 bits per heavy atom. The van der Waals surface area contributed by atoms with E-state index >= 15 is 0 Å². The van der Waals surface area contributed by atoms with E-state index < -0.39 is 0 Å². The van der Waals surface area contributed by atoms with Crippen LogP contribution < -0.4 is 5.73 Å². The van der Waals surface area contributed by atoms with Gasteiger partial charge in [0.1, 0.15) is 0 Å². The van der Waals surface area contributed by atoms with Gasteiger partial charge in [-0.1, -0.05) is 0 Å². The molecule has 1 aliphatic rings. The smallest absolute Gasteiger partial charge is 0.319 e. The molecule has 1 rings (SSSR count). The van der Waals surface area contributed by atoms with Crippen molar-refractivity contribution < 1.29 is 9.53 Å². The fraction of sp³-hybridized carbons (Fsp3) is 0.900. The molecule has 2 amide bonds. The minimum Gasteiger partial charge on any atom is -0.381 e. The molecule has 5 nitrogen and oxygen atoms in total. The fourth-order valence-electron chi connectivity index (χ4n) is 1.79. The van der Waals surface area contributed by atoms with Gasteiger partial charge in [-0.2, -0.15) is 0 Å². The minimum absolute atomic E-state index is 0.0485. The SMILES string of the molecule is CN(CCN)C(=O)N(C)C1CCOCC1. The van der Waals surface area contributed by atoms with E-state index in [1.54, 1.807) is 16.8 Å². The zero-order chi connectivity index (χ0) is 11.3. The molecule has 0 bridgehead atoms. The quantitative estimate of drug-likeness (QED) is 0.727. The number of urea groups is 1. The van der Waals surface area contributed by atoms with Gasteiger partial charge in [-0.15, -0.1) is 0 Å². The van der Waals surface area contributed by atoms with Crippen LogP contribution in [0.4, 0.5) is 4.79 Å². The van der Waals surface area contributed by atoms with Crippen molar-refractivity contribution in [1.29, 1.82) is 0 Å². The minimum atomic E-state index is 0.0485. The summed E-state index contributed by atoms with van der Waals surface area (Å²) < 4.78 is 5.27. The molecule has 0 saturated carbocycles. The van der Waals surface area contributed by atoms with E-state index in [-0.39, 0.29) is 6.03 Å². The first-order chi connectivity index (χ1) is 7.16. The summed E-state index contributed by atoms with van der Waals surface area (Å²) in [5, 5.41) is 0. The Hall–Kier alpha value is -0.810. The van der Waals surface area contributed by atoms with Gasteiger partial charge in [-0.25, -0.2) is 4.79 Å². The van der Waals surface area contributed by atoms with E-state index in [1.807, 2.05) is 7.05 Å². The average Bonchev–Trinajstić information content (AvgIpc) is 2.28. The Morgan fingerprint density at radius 1 is 1.40 bits per heavy atom. The molecule has 1 saturated heterocycles. The van der Waals surface area contributed by atoms with Crippen molar-refractivity contribution in [2.24, 2.45) is 5.73 Å². The van der Waals surface area contributed by atoms with Crippen LogP contribution in [-0.2, 0) is 4.74 Å². The van der Waals surface area contributed by atoms with Crippen LogP contribution in [0, 0.1) is 0 Å². The van der Waals surface area contributed by atoms with E-state index in [1.165, 1.54) is 0 Å². The molecule has 0 atom stereocenters. The topological polar surface area (TPSA) is 58.8 Å². The Balaban J connectivity index is 2.43. The van der Waals surface area contributed by atoms with Crippen LogP contribution in [-0.4, -0.2) is 62.3 Å². The summed E-state index contributed by atoms with van der Waals surface area (Å²) in [7, 11) is 3.64. The highest BCUT2D eigenvalue weighted by atomic mass is 16.5. The van der Waals surface area contributed by atoms with E-state index in [9.17, 15) is 4.79 Å². The molecule has 0 radical (unpaired) electrons. The molecule has 2 N–H and O–H groups in total. The molecule has 0 aromatic heterocycles. The van der Waals surface area contributed by atoms with E-state index in [4.69, 9.17) is 10.5 Å². The monoisotopic (exact) mass is 215 g/mol. The molecular weight excluding hydrogens is 194 g/mol. The molecule has 1 heterocycles. The number of rotatable bonds is 3. The summed E-state index contributed by atoms with van der Waals surface area (Å²) >= 11 is 0. The van der Waals surface area contributed by atoms with Crippen LogP contribution in [0.15, 0.2) is 0 Å². The van der Waals surface area contributed by atoms with Crippen molar-refractivity contribution in [3.05, 3.63) is 0 Å². The maximum Gasteiger partial charge on any atom is 0.319 e. The predicted molar refractivity (Wildman–Crippen MR) is 58.7 cm³/mol. The lowest BCUT2D eigenvalue weighted by atomic mass is 10.1. The number of amides is 2. The molecule has 5 heteroatoms. The molecule has 1 fully saturated rings. The Morgan fingerprint density at radius 3 is 2.53 bits per heavy atom. The molecule has 0 spiro atoms. The summed E-state index contributed by atoms with van der Waals surface area (Å²) in [5.74, 6) is 0. The van der Waals surface area contributed by atoms with E-state index in [0.717, 1.165) is 26.1 Å². The van der Waals surface area contributed by atoms with Gasteiger partial charge in [0.25, 0.3) is 0 Å². The Bertz CT molecular complexity index is 205. The fourth-order valence-corrected chi connectivity index (χ4v) is 1.79. The van der Waals surface area contributed by atoms with Crippen molar-refractivity contribution in [3.63, 3.8) is 0 Å². The van der Waals surface area contributed by atoms with Crippen molar-refractivity contribution in [2.75, 3.05) is 40.4 Å². The summed E-state index contributed by atoms with van der Waals surface area (Å²) in [6.07, 6.45) is 1.86. The second-order valence-electron chi connectivity index (χ2n) is 3.95. The lowest BCUT2D eigenvalue weighted by Crippen LogP contribution is -2.47. The molecular formula is C10H21N3O2. The number of likely N-dealkylation sites (N-methyl/N-ethyl adjacent to an activating group) is 1. The largest absolute Gasteiger partial charge is 0.381 e. The van der Waals surface area contributed by atoms with Crippen molar-refractivity contribution in [3.8, 4) is 0 Å². The van der Waals surface area contributed by atoms with Gasteiger partial charge in [-0.3, -0.25) is 0 Å². The summed E-state index contributed by atoms with van der Waals surface area (Å²) in [6, 6.07) is 0.360. The molecule has 0 aromatic carbocycles. The highest BCUT2D eigenvalue weighted by Gasteiger charge is 2.24. The van der Waals surface area contributed by atoms with Crippen LogP contribution in [0.3, 0.4) is 0 Å². The van der Waals surface area contributed by atoms with Gasteiger partial charge in [0.2, 0.25) is 0 Å². The van der Waals surface area contributed by atoms with Gasteiger partial charge < -0.3 is 20.3 Å². The Kier molecular flexibility index (Phi) is 4.84. The third kappa shape index (κ3) is 3.35. The number of hydrogen-bond acceptors (Lipinski definition) is 3. The first-order valence-corrected chi connectivity index (χ1v) is 5.42. The maximum absolute atomic E-state index is 11.9. The number of carbonyl (C=O) groups excluding carboxylic acids is 1. The van der Waals surface area contributed by atoms with E-state index in [2.05, 4.69) is 0 Å². The second-order valence-corrected chi connectivity index (χ2v) is 3.95. The molecule has 88 valence electrons. The third-order valence-corrected chi connectivity index (χ3v) is 2.83. The molecule has 0 aliphatic carbocycles. The standard InChI is InChI=1S/C10H21N3O2/c1-12(6-5-11)10(14)13(2)9-3-7-15-8-4-9/h9H,3-8,11H2,1-2H3. The molecule has 15 heavy (non-hydrogen) atoms.